The van der Waals surface area contributed by atoms with Gasteiger partial charge in [-0.25, -0.2) is 5.06 Å². The zero-order chi connectivity index (χ0) is 14.0. The monoisotopic (exact) mass is 260 g/mol. The van der Waals surface area contributed by atoms with E-state index in [2.05, 4.69) is 11.8 Å². The highest BCUT2D eigenvalue weighted by Crippen LogP contribution is 2.01. The molecule has 18 heavy (non-hydrogen) atoms. The number of unbranched alkanes of at least 4 members (excludes halogenated alkanes) is 1. The number of nitrogens with zero attached hydrogens (tertiary/aromatic N) is 2. The van der Waals surface area contributed by atoms with E-state index in [1.807, 2.05) is 7.05 Å². The minimum atomic E-state index is -1.02. The van der Waals surface area contributed by atoms with Gasteiger partial charge in [-0.15, -0.1) is 0 Å². The molecule has 0 saturated heterocycles. The summed E-state index contributed by atoms with van der Waals surface area (Å²) in [5, 5.41) is 18.2. The van der Waals surface area contributed by atoms with Crippen molar-refractivity contribution in [1.82, 2.24) is 9.96 Å². The van der Waals surface area contributed by atoms with Crippen molar-refractivity contribution >= 4 is 11.9 Å². The Hall–Kier alpha value is -1.14. The molecule has 0 atom stereocenters. The SMILES string of the molecule is CCCN(C)CCCCC(=O)N(O)CCC(=O)O. The molecule has 0 aromatic carbocycles. The maximum absolute atomic E-state index is 11.4. The molecule has 0 aliphatic heterocycles. The van der Waals surface area contributed by atoms with E-state index in [0.29, 0.717) is 11.5 Å². The van der Waals surface area contributed by atoms with Crippen LogP contribution in [-0.4, -0.2) is 58.8 Å². The van der Waals surface area contributed by atoms with Gasteiger partial charge in [0.05, 0.1) is 13.0 Å². The minimum Gasteiger partial charge on any atom is -0.481 e. The lowest BCUT2D eigenvalue weighted by Gasteiger charge is -2.16. The Morgan fingerprint density at radius 2 is 1.72 bits per heavy atom. The van der Waals surface area contributed by atoms with Crippen molar-refractivity contribution < 1.29 is 19.9 Å². The molecule has 0 saturated carbocycles. The minimum absolute atomic E-state index is 0.149. The van der Waals surface area contributed by atoms with E-state index in [-0.39, 0.29) is 19.4 Å². The quantitative estimate of drug-likeness (QED) is 0.350. The van der Waals surface area contributed by atoms with Crippen LogP contribution in [0.2, 0.25) is 0 Å². The van der Waals surface area contributed by atoms with Gasteiger partial charge < -0.3 is 10.0 Å². The van der Waals surface area contributed by atoms with Gasteiger partial charge in [0.2, 0.25) is 5.91 Å². The van der Waals surface area contributed by atoms with Crippen molar-refractivity contribution in [3.63, 3.8) is 0 Å². The molecule has 1 amide bonds. The van der Waals surface area contributed by atoms with Crippen LogP contribution in [0.25, 0.3) is 0 Å². The molecule has 0 fully saturated rings. The second-order valence-corrected chi connectivity index (χ2v) is 4.42. The summed E-state index contributed by atoms with van der Waals surface area (Å²) in [5.41, 5.74) is 0. The number of hydrogen-bond acceptors (Lipinski definition) is 4. The van der Waals surface area contributed by atoms with Crippen LogP contribution < -0.4 is 0 Å². The Kier molecular flexibility index (Phi) is 9.22. The van der Waals surface area contributed by atoms with Crippen molar-refractivity contribution in [3.05, 3.63) is 0 Å². The molecule has 0 heterocycles. The van der Waals surface area contributed by atoms with E-state index in [4.69, 9.17) is 5.11 Å². The number of hydrogen-bond donors (Lipinski definition) is 2. The van der Waals surface area contributed by atoms with Crippen LogP contribution in [0.15, 0.2) is 0 Å². The second-order valence-electron chi connectivity index (χ2n) is 4.42. The van der Waals surface area contributed by atoms with Gasteiger partial charge in [0.25, 0.3) is 0 Å². The van der Waals surface area contributed by atoms with Gasteiger partial charge >= 0.3 is 5.97 Å². The third-order valence-corrected chi connectivity index (χ3v) is 2.61. The van der Waals surface area contributed by atoms with E-state index < -0.39 is 11.9 Å². The molecule has 0 aliphatic carbocycles. The number of amides is 1. The lowest BCUT2D eigenvalue weighted by Crippen LogP contribution is -2.29. The van der Waals surface area contributed by atoms with Gasteiger partial charge in [0, 0.05) is 6.42 Å². The summed E-state index contributed by atoms with van der Waals surface area (Å²) in [6.07, 6.45) is 2.73. The van der Waals surface area contributed by atoms with Gasteiger partial charge in [-0.05, 0) is 39.4 Å². The number of carboxylic acids is 1. The summed E-state index contributed by atoms with van der Waals surface area (Å²) in [6.45, 7) is 3.94. The van der Waals surface area contributed by atoms with Crippen LogP contribution in [0.1, 0.15) is 39.0 Å². The molecule has 0 spiro atoms. The smallest absolute Gasteiger partial charge is 0.305 e. The number of carbonyl (C=O) groups excluding carboxylic acids is 1. The van der Waals surface area contributed by atoms with E-state index >= 15 is 0 Å². The van der Waals surface area contributed by atoms with Crippen molar-refractivity contribution in [2.45, 2.75) is 39.0 Å². The van der Waals surface area contributed by atoms with Crippen molar-refractivity contribution in [2.75, 3.05) is 26.7 Å². The third kappa shape index (κ3) is 8.95. The topological polar surface area (TPSA) is 81.1 Å². The first-order chi connectivity index (χ1) is 8.47. The van der Waals surface area contributed by atoms with Gasteiger partial charge in [-0.3, -0.25) is 14.8 Å². The highest BCUT2D eigenvalue weighted by molar-refractivity contribution is 5.75. The first-order valence-electron chi connectivity index (χ1n) is 6.37. The number of hydroxylamine groups is 2. The summed E-state index contributed by atoms with van der Waals surface area (Å²) >= 11 is 0. The van der Waals surface area contributed by atoms with Gasteiger partial charge in [0.15, 0.2) is 0 Å². The molecule has 0 aromatic rings. The summed E-state index contributed by atoms with van der Waals surface area (Å²) in [4.78, 5) is 23.9. The van der Waals surface area contributed by atoms with Crippen LogP contribution >= 0.6 is 0 Å². The van der Waals surface area contributed by atoms with Gasteiger partial charge in [-0.1, -0.05) is 6.92 Å². The molecule has 0 aliphatic rings. The Labute approximate surface area is 108 Å². The predicted molar refractivity (Wildman–Crippen MR) is 67.4 cm³/mol. The lowest BCUT2D eigenvalue weighted by molar-refractivity contribution is -0.167. The fraction of sp³-hybridized carbons (Fsp3) is 0.833. The predicted octanol–water partition coefficient (Wildman–Crippen LogP) is 1.19. The number of aliphatic carboxylic acids is 1. The van der Waals surface area contributed by atoms with Crippen LogP contribution in [0.4, 0.5) is 0 Å². The molecular formula is C12H24N2O4. The van der Waals surface area contributed by atoms with Crippen molar-refractivity contribution in [3.8, 4) is 0 Å². The molecule has 0 radical (unpaired) electrons. The third-order valence-electron chi connectivity index (χ3n) is 2.61. The first-order valence-corrected chi connectivity index (χ1v) is 6.37. The zero-order valence-electron chi connectivity index (χ0n) is 11.3. The fourth-order valence-corrected chi connectivity index (χ4v) is 1.61. The Balaban J connectivity index is 3.60. The zero-order valence-corrected chi connectivity index (χ0v) is 11.3. The van der Waals surface area contributed by atoms with E-state index in [1.54, 1.807) is 0 Å². The van der Waals surface area contributed by atoms with Crippen LogP contribution in [-0.2, 0) is 9.59 Å². The van der Waals surface area contributed by atoms with Crippen LogP contribution in [0.3, 0.4) is 0 Å². The lowest BCUT2D eigenvalue weighted by atomic mass is 10.2. The molecule has 0 unspecified atom stereocenters. The Morgan fingerprint density at radius 1 is 1.06 bits per heavy atom. The largest absolute Gasteiger partial charge is 0.481 e. The van der Waals surface area contributed by atoms with E-state index in [0.717, 1.165) is 25.9 Å². The highest BCUT2D eigenvalue weighted by Gasteiger charge is 2.11. The van der Waals surface area contributed by atoms with E-state index in [9.17, 15) is 14.8 Å². The Bertz CT molecular complexity index is 258. The number of carbonyl (C=O) groups is 2. The first kappa shape index (κ1) is 16.9. The molecule has 106 valence electrons. The van der Waals surface area contributed by atoms with Crippen molar-refractivity contribution in [2.24, 2.45) is 0 Å². The summed E-state index contributed by atoms with van der Waals surface area (Å²) < 4.78 is 0. The summed E-state index contributed by atoms with van der Waals surface area (Å²) in [6, 6.07) is 0. The molecule has 0 bridgehead atoms. The molecule has 0 aromatic heterocycles. The summed E-state index contributed by atoms with van der Waals surface area (Å²) in [7, 11) is 2.04. The average molecular weight is 260 g/mol. The highest BCUT2D eigenvalue weighted by atomic mass is 16.5. The van der Waals surface area contributed by atoms with E-state index in [1.165, 1.54) is 0 Å². The number of carboxylic acid groups (broad SMARTS) is 1. The van der Waals surface area contributed by atoms with Crippen LogP contribution in [0, 0.1) is 0 Å². The standard InChI is InChI=1S/C12H24N2O4/c1-3-8-13(2)9-5-4-6-11(15)14(18)10-7-12(16)17/h18H,3-10H2,1-2H3,(H,16,17). The average Bonchev–Trinajstić information content (AvgIpc) is 2.31. The second kappa shape index (κ2) is 9.85. The molecule has 6 nitrogen and oxygen atoms in total. The molecule has 6 heteroatoms. The molecular weight excluding hydrogens is 236 g/mol. The van der Waals surface area contributed by atoms with Crippen LogP contribution in [0.5, 0.6) is 0 Å². The van der Waals surface area contributed by atoms with Gasteiger partial charge in [0.1, 0.15) is 0 Å². The summed E-state index contributed by atoms with van der Waals surface area (Å²) in [5.74, 6) is -1.43. The maximum Gasteiger partial charge on any atom is 0.305 e. The van der Waals surface area contributed by atoms with Gasteiger partial charge in [-0.2, -0.15) is 0 Å². The molecule has 2 N–H and O–H groups in total. The maximum atomic E-state index is 11.4. The number of rotatable bonds is 10. The molecule has 0 rings (SSSR count). The fourth-order valence-electron chi connectivity index (χ4n) is 1.61. The van der Waals surface area contributed by atoms with Crippen molar-refractivity contribution in [1.29, 1.82) is 0 Å². The Morgan fingerprint density at radius 3 is 2.28 bits per heavy atom. The normalized spacial score (nSPS) is 10.7.